The van der Waals surface area contributed by atoms with E-state index in [1.807, 2.05) is 19.1 Å². The molecule has 5 heteroatoms. The van der Waals surface area contributed by atoms with E-state index < -0.39 is 0 Å². The average molecular weight is 185 g/mol. The molecule has 2 aromatic heterocycles. The van der Waals surface area contributed by atoms with E-state index in [2.05, 4.69) is 15.1 Å². The van der Waals surface area contributed by atoms with Crippen LogP contribution in [0.3, 0.4) is 0 Å². The zero-order chi connectivity index (χ0) is 9.97. The SMILES string of the molecule is Cc1ccc(-n2cncn2)c(C#N)n1. The van der Waals surface area contributed by atoms with E-state index in [0.717, 1.165) is 5.69 Å². The normalized spacial score (nSPS) is 9.71. The van der Waals surface area contributed by atoms with Crippen molar-refractivity contribution in [2.24, 2.45) is 0 Å². The highest BCUT2D eigenvalue weighted by Gasteiger charge is 2.05. The van der Waals surface area contributed by atoms with Gasteiger partial charge in [0.25, 0.3) is 0 Å². The number of nitrogens with zero attached hydrogens (tertiary/aromatic N) is 5. The Balaban J connectivity index is 2.60. The first kappa shape index (κ1) is 8.38. The third-order valence-electron chi connectivity index (χ3n) is 1.78. The summed E-state index contributed by atoms with van der Waals surface area (Å²) >= 11 is 0. The third kappa shape index (κ3) is 1.33. The van der Waals surface area contributed by atoms with E-state index >= 15 is 0 Å². The molecule has 0 spiro atoms. The van der Waals surface area contributed by atoms with Crippen molar-refractivity contribution in [3.05, 3.63) is 36.2 Å². The zero-order valence-electron chi connectivity index (χ0n) is 7.55. The molecule has 0 amide bonds. The molecular formula is C9H7N5. The summed E-state index contributed by atoms with van der Waals surface area (Å²) in [5.41, 5.74) is 1.82. The number of rotatable bonds is 1. The van der Waals surface area contributed by atoms with Crippen molar-refractivity contribution in [1.82, 2.24) is 19.7 Å². The summed E-state index contributed by atoms with van der Waals surface area (Å²) in [5.74, 6) is 0. The molecule has 0 aliphatic heterocycles. The zero-order valence-corrected chi connectivity index (χ0v) is 7.55. The lowest BCUT2D eigenvalue weighted by Gasteiger charge is -2.02. The van der Waals surface area contributed by atoms with E-state index in [1.165, 1.54) is 17.3 Å². The van der Waals surface area contributed by atoms with Crippen molar-refractivity contribution in [3.63, 3.8) is 0 Å². The molecule has 68 valence electrons. The van der Waals surface area contributed by atoms with Crippen molar-refractivity contribution < 1.29 is 0 Å². The van der Waals surface area contributed by atoms with Gasteiger partial charge in [0.15, 0.2) is 5.69 Å². The summed E-state index contributed by atoms with van der Waals surface area (Å²) in [6.07, 6.45) is 2.95. The summed E-state index contributed by atoms with van der Waals surface area (Å²) in [6.45, 7) is 1.84. The van der Waals surface area contributed by atoms with E-state index in [4.69, 9.17) is 5.26 Å². The van der Waals surface area contributed by atoms with Crippen LogP contribution in [0.1, 0.15) is 11.4 Å². The molecular weight excluding hydrogens is 178 g/mol. The summed E-state index contributed by atoms with van der Waals surface area (Å²) < 4.78 is 1.52. The quantitative estimate of drug-likeness (QED) is 0.660. The van der Waals surface area contributed by atoms with Crippen LogP contribution < -0.4 is 0 Å². The largest absolute Gasteiger partial charge is 0.240 e. The number of nitriles is 1. The van der Waals surface area contributed by atoms with Gasteiger partial charge >= 0.3 is 0 Å². The number of aryl methyl sites for hydroxylation is 1. The van der Waals surface area contributed by atoms with Gasteiger partial charge in [-0.05, 0) is 19.1 Å². The fraction of sp³-hybridized carbons (Fsp3) is 0.111. The van der Waals surface area contributed by atoms with Gasteiger partial charge in [0, 0.05) is 5.69 Å². The van der Waals surface area contributed by atoms with Crippen molar-refractivity contribution >= 4 is 0 Å². The van der Waals surface area contributed by atoms with Crippen LogP contribution in [-0.4, -0.2) is 19.7 Å². The highest BCUT2D eigenvalue weighted by Crippen LogP contribution is 2.10. The van der Waals surface area contributed by atoms with Crippen LogP contribution in [0.15, 0.2) is 24.8 Å². The van der Waals surface area contributed by atoms with Gasteiger partial charge in [0.05, 0.1) is 0 Å². The lowest BCUT2D eigenvalue weighted by atomic mass is 10.3. The number of pyridine rings is 1. The highest BCUT2D eigenvalue weighted by molar-refractivity contribution is 5.43. The Bertz CT molecular complexity index is 480. The molecule has 0 atom stereocenters. The third-order valence-corrected chi connectivity index (χ3v) is 1.78. The molecule has 2 rings (SSSR count). The summed E-state index contributed by atoms with van der Waals surface area (Å²) in [6, 6.07) is 5.66. The van der Waals surface area contributed by atoms with Crippen LogP contribution in [0.2, 0.25) is 0 Å². The standard InChI is InChI=1S/C9H7N5/c1-7-2-3-9(8(4-10)13-7)14-6-11-5-12-14/h2-3,5-6H,1H3. The van der Waals surface area contributed by atoms with Crippen LogP contribution in [0.5, 0.6) is 0 Å². The molecule has 0 saturated carbocycles. The van der Waals surface area contributed by atoms with Crippen LogP contribution in [0.25, 0.3) is 5.69 Å². The van der Waals surface area contributed by atoms with E-state index in [9.17, 15) is 0 Å². The Morgan fingerprint density at radius 2 is 2.29 bits per heavy atom. The summed E-state index contributed by atoms with van der Waals surface area (Å²) in [4.78, 5) is 7.91. The van der Waals surface area contributed by atoms with Gasteiger partial charge < -0.3 is 0 Å². The minimum Gasteiger partial charge on any atom is -0.240 e. The predicted octanol–water partition coefficient (Wildman–Crippen LogP) is 0.842. The molecule has 0 radical (unpaired) electrons. The average Bonchev–Trinajstić information content (AvgIpc) is 2.70. The van der Waals surface area contributed by atoms with Gasteiger partial charge in [-0.2, -0.15) is 10.4 Å². The number of aromatic nitrogens is 4. The number of hydrogen-bond acceptors (Lipinski definition) is 4. The first-order chi connectivity index (χ1) is 6.81. The van der Waals surface area contributed by atoms with Gasteiger partial charge in [0.1, 0.15) is 24.4 Å². The Morgan fingerprint density at radius 3 is 2.93 bits per heavy atom. The van der Waals surface area contributed by atoms with Crippen LogP contribution in [0.4, 0.5) is 0 Å². The van der Waals surface area contributed by atoms with Crippen LogP contribution >= 0.6 is 0 Å². The molecule has 2 heterocycles. The molecule has 0 unspecified atom stereocenters. The van der Waals surface area contributed by atoms with Gasteiger partial charge in [-0.15, -0.1) is 0 Å². The maximum Gasteiger partial charge on any atom is 0.166 e. The first-order valence-corrected chi connectivity index (χ1v) is 4.04. The Morgan fingerprint density at radius 1 is 1.43 bits per heavy atom. The summed E-state index contributed by atoms with van der Waals surface area (Å²) in [5, 5.41) is 12.8. The molecule has 2 aromatic rings. The minimum atomic E-state index is 0.357. The molecule has 0 aliphatic carbocycles. The molecule has 0 saturated heterocycles. The Kier molecular flexibility index (Phi) is 1.95. The van der Waals surface area contributed by atoms with E-state index in [0.29, 0.717) is 11.4 Å². The first-order valence-electron chi connectivity index (χ1n) is 4.04. The smallest absolute Gasteiger partial charge is 0.166 e. The van der Waals surface area contributed by atoms with E-state index in [1.54, 1.807) is 6.07 Å². The lowest BCUT2D eigenvalue weighted by molar-refractivity contribution is 0.865. The fourth-order valence-electron chi connectivity index (χ4n) is 1.15. The van der Waals surface area contributed by atoms with Gasteiger partial charge in [-0.3, -0.25) is 0 Å². The molecule has 14 heavy (non-hydrogen) atoms. The van der Waals surface area contributed by atoms with Crippen molar-refractivity contribution in [2.45, 2.75) is 6.92 Å². The lowest BCUT2D eigenvalue weighted by Crippen LogP contribution is -2.00. The van der Waals surface area contributed by atoms with Crippen LogP contribution in [-0.2, 0) is 0 Å². The molecule has 0 aromatic carbocycles. The van der Waals surface area contributed by atoms with Crippen molar-refractivity contribution in [1.29, 1.82) is 5.26 Å². The molecule has 0 aliphatic rings. The molecule has 5 nitrogen and oxygen atoms in total. The van der Waals surface area contributed by atoms with E-state index in [-0.39, 0.29) is 0 Å². The van der Waals surface area contributed by atoms with Gasteiger partial charge in [-0.25, -0.2) is 14.6 Å². The second-order valence-electron chi connectivity index (χ2n) is 2.77. The topological polar surface area (TPSA) is 67.4 Å². The Labute approximate surface area is 80.7 Å². The summed E-state index contributed by atoms with van der Waals surface area (Å²) in [7, 11) is 0. The maximum absolute atomic E-state index is 8.87. The molecule has 0 fully saturated rings. The van der Waals surface area contributed by atoms with Crippen molar-refractivity contribution in [2.75, 3.05) is 0 Å². The predicted molar refractivity (Wildman–Crippen MR) is 48.6 cm³/mol. The highest BCUT2D eigenvalue weighted by atomic mass is 15.3. The second-order valence-corrected chi connectivity index (χ2v) is 2.77. The number of hydrogen-bond donors (Lipinski definition) is 0. The van der Waals surface area contributed by atoms with Gasteiger partial charge in [-0.1, -0.05) is 0 Å². The molecule has 0 bridgehead atoms. The minimum absolute atomic E-state index is 0.357. The maximum atomic E-state index is 8.87. The fourth-order valence-corrected chi connectivity index (χ4v) is 1.15. The second kappa shape index (κ2) is 3.26. The van der Waals surface area contributed by atoms with Crippen LogP contribution in [0, 0.1) is 18.3 Å². The molecule has 0 N–H and O–H groups in total. The van der Waals surface area contributed by atoms with Crippen molar-refractivity contribution in [3.8, 4) is 11.8 Å². The Hall–Kier alpha value is -2.22. The monoisotopic (exact) mass is 185 g/mol. The van der Waals surface area contributed by atoms with Gasteiger partial charge in [0.2, 0.25) is 0 Å².